The third-order valence-corrected chi connectivity index (χ3v) is 4.37. The Labute approximate surface area is 156 Å². The zero-order valence-corrected chi connectivity index (χ0v) is 15.0. The number of hydrogen-bond donors (Lipinski definition) is 1. The van der Waals surface area contributed by atoms with Crippen molar-refractivity contribution >= 4 is 22.6 Å². The molecule has 6 heteroatoms. The number of rotatable bonds is 5. The highest BCUT2D eigenvalue weighted by Crippen LogP contribution is 2.24. The molecule has 0 atom stereocenters. The van der Waals surface area contributed by atoms with E-state index in [9.17, 15) is 9.59 Å². The number of benzene rings is 2. The van der Waals surface area contributed by atoms with E-state index in [0.29, 0.717) is 28.1 Å². The first-order chi connectivity index (χ1) is 13.0. The van der Waals surface area contributed by atoms with Crippen molar-refractivity contribution in [2.45, 2.75) is 19.8 Å². The van der Waals surface area contributed by atoms with E-state index >= 15 is 0 Å². The van der Waals surface area contributed by atoms with Crippen LogP contribution in [0.25, 0.3) is 11.0 Å². The Morgan fingerprint density at radius 3 is 2.81 bits per heavy atom. The van der Waals surface area contributed by atoms with Crippen molar-refractivity contribution in [1.82, 2.24) is 0 Å². The quantitative estimate of drug-likeness (QED) is 0.701. The largest absolute Gasteiger partial charge is 0.497 e. The smallest absolute Gasteiger partial charge is 0.339 e. The van der Waals surface area contributed by atoms with Gasteiger partial charge in [0.05, 0.1) is 18.7 Å². The van der Waals surface area contributed by atoms with Gasteiger partial charge in [-0.1, -0.05) is 6.07 Å². The lowest BCUT2D eigenvalue weighted by Crippen LogP contribution is -2.16. The van der Waals surface area contributed by atoms with Crippen LogP contribution in [-0.4, -0.2) is 13.0 Å². The van der Waals surface area contributed by atoms with Crippen LogP contribution in [0, 0.1) is 18.3 Å². The summed E-state index contributed by atoms with van der Waals surface area (Å²) in [5.74, 6) is 0.371. The van der Waals surface area contributed by atoms with Crippen LogP contribution in [0.4, 0.5) is 5.69 Å². The molecule has 136 valence electrons. The molecule has 27 heavy (non-hydrogen) atoms. The minimum atomic E-state index is -0.451. The molecule has 6 nitrogen and oxygen atoms in total. The van der Waals surface area contributed by atoms with E-state index in [2.05, 4.69) is 5.32 Å². The number of ether oxygens (including phenoxy) is 1. The van der Waals surface area contributed by atoms with Gasteiger partial charge in [0.15, 0.2) is 0 Å². The molecule has 1 N–H and O–H groups in total. The summed E-state index contributed by atoms with van der Waals surface area (Å²) < 4.78 is 10.5. The number of nitrogens with one attached hydrogen (secondary N) is 1. The van der Waals surface area contributed by atoms with Crippen molar-refractivity contribution in [3.8, 4) is 11.8 Å². The van der Waals surface area contributed by atoms with E-state index in [-0.39, 0.29) is 18.7 Å². The van der Waals surface area contributed by atoms with Gasteiger partial charge in [-0.3, -0.25) is 4.79 Å². The molecular formula is C21H18N2O4. The summed E-state index contributed by atoms with van der Waals surface area (Å²) in [7, 11) is 1.55. The van der Waals surface area contributed by atoms with Gasteiger partial charge < -0.3 is 14.5 Å². The van der Waals surface area contributed by atoms with Gasteiger partial charge in [-0.05, 0) is 49.2 Å². The summed E-state index contributed by atoms with van der Waals surface area (Å²) in [4.78, 5) is 24.5. The molecule has 0 unspecified atom stereocenters. The Balaban J connectivity index is 1.77. The van der Waals surface area contributed by atoms with Crippen LogP contribution in [0.1, 0.15) is 23.1 Å². The first-order valence-corrected chi connectivity index (χ1v) is 8.42. The first kappa shape index (κ1) is 18.2. The highest BCUT2D eigenvalue weighted by molar-refractivity contribution is 5.91. The second-order valence-corrected chi connectivity index (χ2v) is 6.10. The number of nitrogens with zero attached hydrogens (tertiary/aromatic N) is 1. The van der Waals surface area contributed by atoms with E-state index in [1.165, 1.54) is 0 Å². The van der Waals surface area contributed by atoms with Crippen LogP contribution in [0.5, 0.6) is 5.75 Å². The highest BCUT2D eigenvalue weighted by atomic mass is 16.5. The van der Waals surface area contributed by atoms with Gasteiger partial charge in [0, 0.05) is 29.1 Å². The Hall–Kier alpha value is -3.59. The first-order valence-electron chi connectivity index (χ1n) is 8.42. The second kappa shape index (κ2) is 7.75. The Morgan fingerprint density at radius 2 is 2.07 bits per heavy atom. The maximum atomic E-state index is 12.3. The predicted octanol–water partition coefficient (Wildman–Crippen LogP) is 3.55. The fourth-order valence-electron chi connectivity index (χ4n) is 2.92. The lowest BCUT2D eigenvalue weighted by molar-refractivity contribution is -0.116. The summed E-state index contributed by atoms with van der Waals surface area (Å²) in [5, 5.41) is 12.5. The second-order valence-electron chi connectivity index (χ2n) is 6.10. The highest BCUT2D eigenvalue weighted by Gasteiger charge is 2.14. The average molecular weight is 362 g/mol. The van der Waals surface area contributed by atoms with E-state index in [1.54, 1.807) is 43.5 Å². The molecule has 2 aromatic carbocycles. The van der Waals surface area contributed by atoms with E-state index in [4.69, 9.17) is 14.4 Å². The van der Waals surface area contributed by atoms with E-state index in [0.717, 1.165) is 10.9 Å². The fourth-order valence-corrected chi connectivity index (χ4v) is 2.92. The Bertz CT molecular complexity index is 1110. The number of hydrogen-bond acceptors (Lipinski definition) is 5. The van der Waals surface area contributed by atoms with Crippen molar-refractivity contribution in [3.63, 3.8) is 0 Å². The number of carbonyl (C=O) groups excluding carboxylic acids is 1. The Kier molecular flexibility index (Phi) is 5.23. The van der Waals surface area contributed by atoms with Gasteiger partial charge in [0.25, 0.3) is 0 Å². The predicted molar refractivity (Wildman–Crippen MR) is 102 cm³/mol. The van der Waals surface area contributed by atoms with E-state index < -0.39 is 5.63 Å². The lowest BCUT2D eigenvalue weighted by atomic mass is 10.0. The maximum absolute atomic E-state index is 12.3. The molecule has 0 fully saturated rings. The van der Waals surface area contributed by atoms with Crippen LogP contribution >= 0.6 is 0 Å². The normalized spacial score (nSPS) is 10.4. The van der Waals surface area contributed by atoms with Crippen LogP contribution < -0.4 is 15.7 Å². The third-order valence-electron chi connectivity index (χ3n) is 4.37. The minimum absolute atomic E-state index is 0.129. The zero-order chi connectivity index (χ0) is 19.4. The monoisotopic (exact) mass is 362 g/mol. The van der Waals surface area contributed by atoms with Gasteiger partial charge in [0.1, 0.15) is 11.3 Å². The molecule has 0 spiro atoms. The molecule has 0 saturated heterocycles. The molecule has 0 saturated carbocycles. The van der Waals surface area contributed by atoms with Crippen molar-refractivity contribution in [2.24, 2.45) is 0 Å². The van der Waals surface area contributed by atoms with Crippen LogP contribution in [0.2, 0.25) is 0 Å². The number of fused-ring (bicyclic) bond motifs is 1. The average Bonchev–Trinajstić information content (AvgIpc) is 2.67. The standard InChI is InChI=1S/C21H18N2O4/c1-13-17-7-6-16(26-2)11-19(17)27-21(25)18(13)8-9-20(24)23-15-5-3-4-14(10-15)12-22/h3-7,10-11H,8-9H2,1-2H3,(H,23,24). The maximum Gasteiger partial charge on any atom is 0.339 e. The zero-order valence-electron chi connectivity index (χ0n) is 15.0. The van der Waals surface area contributed by atoms with Crippen LogP contribution in [0.3, 0.4) is 0 Å². The van der Waals surface area contributed by atoms with Gasteiger partial charge in [-0.25, -0.2) is 4.79 Å². The summed E-state index contributed by atoms with van der Waals surface area (Å²) in [6.07, 6.45) is 0.393. The minimum Gasteiger partial charge on any atom is -0.497 e. The summed E-state index contributed by atoms with van der Waals surface area (Å²) in [5.41, 5.74) is 2.30. The third kappa shape index (κ3) is 3.98. The van der Waals surface area contributed by atoms with Gasteiger partial charge in [-0.15, -0.1) is 0 Å². The van der Waals surface area contributed by atoms with Crippen LogP contribution in [-0.2, 0) is 11.2 Å². The molecule has 1 aromatic heterocycles. The number of anilines is 1. The van der Waals surface area contributed by atoms with Gasteiger partial charge in [0.2, 0.25) is 5.91 Å². The molecule has 1 heterocycles. The molecule has 3 rings (SSSR count). The SMILES string of the molecule is COc1ccc2c(C)c(CCC(=O)Nc3cccc(C#N)c3)c(=O)oc2c1. The van der Waals surface area contributed by atoms with Crippen molar-refractivity contribution in [3.05, 3.63) is 69.6 Å². The van der Waals surface area contributed by atoms with Crippen molar-refractivity contribution in [1.29, 1.82) is 5.26 Å². The summed E-state index contributed by atoms with van der Waals surface area (Å²) >= 11 is 0. The number of amides is 1. The van der Waals surface area contributed by atoms with Crippen molar-refractivity contribution < 1.29 is 13.9 Å². The molecular weight excluding hydrogens is 344 g/mol. The van der Waals surface area contributed by atoms with Crippen LogP contribution in [0.15, 0.2) is 51.7 Å². The summed E-state index contributed by atoms with van der Waals surface area (Å²) in [6, 6.07) is 14.0. The van der Waals surface area contributed by atoms with Crippen molar-refractivity contribution in [2.75, 3.05) is 12.4 Å². The number of methoxy groups -OCH3 is 1. The molecule has 0 aliphatic rings. The summed E-state index contributed by atoms with van der Waals surface area (Å²) in [6.45, 7) is 1.84. The van der Waals surface area contributed by atoms with Gasteiger partial charge >= 0.3 is 5.63 Å². The number of aryl methyl sites for hydroxylation is 1. The van der Waals surface area contributed by atoms with Gasteiger partial charge in [-0.2, -0.15) is 5.26 Å². The molecule has 1 amide bonds. The molecule has 0 aliphatic carbocycles. The number of carbonyl (C=O) groups is 1. The Morgan fingerprint density at radius 1 is 1.26 bits per heavy atom. The topological polar surface area (TPSA) is 92.3 Å². The fraction of sp³-hybridized carbons (Fsp3) is 0.190. The molecule has 0 radical (unpaired) electrons. The number of nitriles is 1. The molecule has 3 aromatic rings. The molecule has 0 bridgehead atoms. The van der Waals surface area contributed by atoms with E-state index in [1.807, 2.05) is 19.1 Å². The molecule has 0 aliphatic heterocycles. The lowest BCUT2D eigenvalue weighted by Gasteiger charge is -2.09.